The molecule has 0 aliphatic rings. The van der Waals surface area contributed by atoms with Crippen molar-refractivity contribution in [1.29, 1.82) is 0 Å². The number of benzene rings is 2. The van der Waals surface area contributed by atoms with Gasteiger partial charge in [-0.05, 0) is 41.0 Å². The van der Waals surface area contributed by atoms with E-state index in [1.807, 2.05) is 30.3 Å². The normalized spacial score (nSPS) is 14.3. The molecule has 0 saturated heterocycles. The van der Waals surface area contributed by atoms with Crippen LogP contribution in [0.25, 0.3) is 21.5 Å². The molecule has 4 rings (SSSR count). The summed E-state index contributed by atoms with van der Waals surface area (Å²) < 4.78 is 38.5. The Morgan fingerprint density at radius 1 is 0.964 bits per heavy atom. The molecular formula is C20H17F3N4S. The van der Waals surface area contributed by atoms with E-state index in [2.05, 4.69) is 9.97 Å². The third-order valence-electron chi connectivity index (χ3n) is 4.83. The summed E-state index contributed by atoms with van der Waals surface area (Å²) in [5.74, 6) is 0. The quantitative estimate of drug-likeness (QED) is 0.471. The number of nitrogens with one attached hydrogen (secondary N) is 1. The molecule has 1 unspecified atom stereocenters. The SMILES string of the molecule is NCC(N)(c1ccc(-c2ccc(C(F)(F)F)s2)cc1)c1ccc2nc[nH]c2c1. The van der Waals surface area contributed by atoms with Crippen LogP contribution in [0.1, 0.15) is 16.0 Å². The summed E-state index contributed by atoms with van der Waals surface area (Å²) in [6.07, 6.45) is -2.72. The zero-order chi connectivity index (χ0) is 19.9. The number of imidazole rings is 1. The van der Waals surface area contributed by atoms with Crippen molar-refractivity contribution < 1.29 is 13.2 Å². The summed E-state index contributed by atoms with van der Waals surface area (Å²) in [7, 11) is 0. The molecule has 0 saturated carbocycles. The molecule has 4 aromatic rings. The first-order chi connectivity index (χ1) is 13.3. The van der Waals surface area contributed by atoms with Crippen LogP contribution in [0, 0.1) is 0 Å². The lowest BCUT2D eigenvalue weighted by molar-refractivity contribution is -0.134. The van der Waals surface area contributed by atoms with E-state index in [0.29, 0.717) is 10.4 Å². The third-order valence-corrected chi connectivity index (χ3v) is 6.01. The highest BCUT2D eigenvalue weighted by Crippen LogP contribution is 2.39. The number of fused-ring (bicyclic) bond motifs is 1. The molecule has 1 atom stereocenters. The van der Waals surface area contributed by atoms with Crippen molar-refractivity contribution in [1.82, 2.24) is 9.97 Å². The number of halogens is 3. The second-order valence-electron chi connectivity index (χ2n) is 6.55. The smallest absolute Gasteiger partial charge is 0.345 e. The number of thiophene rings is 1. The molecule has 0 bridgehead atoms. The largest absolute Gasteiger partial charge is 0.425 e. The van der Waals surface area contributed by atoms with Gasteiger partial charge in [0.2, 0.25) is 0 Å². The molecule has 2 aromatic heterocycles. The van der Waals surface area contributed by atoms with E-state index in [4.69, 9.17) is 11.5 Å². The van der Waals surface area contributed by atoms with Crippen LogP contribution in [0.3, 0.4) is 0 Å². The van der Waals surface area contributed by atoms with Crippen molar-refractivity contribution in [2.45, 2.75) is 11.7 Å². The van der Waals surface area contributed by atoms with Gasteiger partial charge in [0.25, 0.3) is 0 Å². The van der Waals surface area contributed by atoms with Crippen molar-refractivity contribution in [3.05, 3.63) is 76.9 Å². The summed E-state index contributed by atoms with van der Waals surface area (Å²) >= 11 is 0.719. The third kappa shape index (κ3) is 3.19. The summed E-state index contributed by atoms with van der Waals surface area (Å²) in [4.78, 5) is 7.19. The maximum absolute atomic E-state index is 12.8. The number of aromatic nitrogens is 2. The number of aromatic amines is 1. The van der Waals surface area contributed by atoms with Crippen molar-refractivity contribution in [3.63, 3.8) is 0 Å². The van der Waals surface area contributed by atoms with Gasteiger partial charge < -0.3 is 16.5 Å². The number of rotatable bonds is 4. The van der Waals surface area contributed by atoms with Gasteiger partial charge in [0, 0.05) is 11.4 Å². The first-order valence-electron chi connectivity index (χ1n) is 8.52. The molecule has 4 nitrogen and oxygen atoms in total. The van der Waals surface area contributed by atoms with E-state index < -0.39 is 16.6 Å². The predicted molar refractivity (Wildman–Crippen MR) is 105 cm³/mol. The van der Waals surface area contributed by atoms with Crippen LogP contribution in [0.5, 0.6) is 0 Å². The van der Waals surface area contributed by atoms with Crippen LogP contribution in [0.15, 0.2) is 60.9 Å². The Labute approximate surface area is 163 Å². The topological polar surface area (TPSA) is 80.7 Å². The van der Waals surface area contributed by atoms with Crippen LogP contribution >= 0.6 is 11.3 Å². The Balaban J connectivity index is 1.68. The monoisotopic (exact) mass is 402 g/mol. The van der Waals surface area contributed by atoms with Gasteiger partial charge in [-0.2, -0.15) is 13.2 Å². The fourth-order valence-electron chi connectivity index (χ4n) is 3.19. The van der Waals surface area contributed by atoms with Gasteiger partial charge in [-0.15, -0.1) is 11.3 Å². The molecule has 144 valence electrons. The number of hydrogen-bond acceptors (Lipinski definition) is 4. The minimum absolute atomic E-state index is 0.170. The van der Waals surface area contributed by atoms with Crippen molar-refractivity contribution >= 4 is 22.4 Å². The maximum Gasteiger partial charge on any atom is 0.425 e. The van der Waals surface area contributed by atoms with E-state index >= 15 is 0 Å². The average Bonchev–Trinajstić information content (AvgIpc) is 3.36. The van der Waals surface area contributed by atoms with Gasteiger partial charge in [-0.3, -0.25) is 0 Å². The van der Waals surface area contributed by atoms with E-state index in [1.165, 1.54) is 6.07 Å². The lowest BCUT2D eigenvalue weighted by atomic mass is 9.83. The molecule has 0 amide bonds. The molecule has 0 aliphatic carbocycles. The highest BCUT2D eigenvalue weighted by Gasteiger charge is 2.33. The molecule has 8 heteroatoms. The van der Waals surface area contributed by atoms with Crippen molar-refractivity contribution in [2.24, 2.45) is 11.5 Å². The first-order valence-corrected chi connectivity index (χ1v) is 9.33. The number of hydrogen-bond donors (Lipinski definition) is 3. The van der Waals surface area contributed by atoms with Crippen LogP contribution in [0.2, 0.25) is 0 Å². The zero-order valence-electron chi connectivity index (χ0n) is 14.6. The molecule has 2 aromatic carbocycles. The molecule has 28 heavy (non-hydrogen) atoms. The Hall–Kier alpha value is -2.68. The summed E-state index contributed by atoms with van der Waals surface area (Å²) in [6.45, 7) is 0.170. The van der Waals surface area contributed by atoms with E-state index in [9.17, 15) is 13.2 Å². The van der Waals surface area contributed by atoms with E-state index in [0.717, 1.165) is 39.6 Å². The second-order valence-corrected chi connectivity index (χ2v) is 7.63. The zero-order valence-corrected chi connectivity index (χ0v) is 15.4. The molecule has 0 aliphatic heterocycles. The fraction of sp³-hybridized carbons (Fsp3) is 0.150. The molecule has 5 N–H and O–H groups in total. The van der Waals surface area contributed by atoms with Crippen molar-refractivity contribution in [2.75, 3.05) is 6.54 Å². The molecule has 0 spiro atoms. The summed E-state index contributed by atoms with van der Waals surface area (Å²) in [5.41, 5.74) is 15.7. The Morgan fingerprint density at radius 2 is 1.68 bits per heavy atom. The van der Waals surface area contributed by atoms with E-state index in [-0.39, 0.29) is 6.54 Å². The second kappa shape index (κ2) is 6.73. The van der Waals surface area contributed by atoms with E-state index in [1.54, 1.807) is 18.5 Å². The number of alkyl halides is 3. The van der Waals surface area contributed by atoms with Gasteiger partial charge >= 0.3 is 6.18 Å². The molecule has 2 heterocycles. The van der Waals surface area contributed by atoms with Gasteiger partial charge in [-0.1, -0.05) is 30.3 Å². The number of nitrogens with two attached hydrogens (primary N) is 2. The van der Waals surface area contributed by atoms with Crippen LogP contribution < -0.4 is 11.5 Å². The number of H-pyrrole nitrogens is 1. The fourth-order valence-corrected chi connectivity index (χ4v) is 4.07. The van der Waals surface area contributed by atoms with Gasteiger partial charge in [0.1, 0.15) is 4.88 Å². The molecular weight excluding hydrogens is 385 g/mol. The average molecular weight is 402 g/mol. The minimum atomic E-state index is -4.33. The molecule has 0 fully saturated rings. The van der Waals surface area contributed by atoms with Crippen molar-refractivity contribution in [3.8, 4) is 10.4 Å². The highest BCUT2D eigenvalue weighted by molar-refractivity contribution is 7.15. The summed E-state index contributed by atoms with van der Waals surface area (Å²) in [5, 5.41) is 0. The Morgan fingerprint density at radius 3 is 2.32 bits per heavy atom. The number of nitrogens with zero attached hydrogens (tertiary/aromatic N) is 1. The van der Waals surface area contributed by atoms with Crippen LogP contribution in [0.4, 0.5) is 13.2 Å². The maximum atomic E-state index is 12.8. The first kappa shape index (κ1) is 18.7. The van der Waals surface area contributed by atoms with Crippen LogP contribution in [-0.2, 0) is 11.7 Å². The minimum Gasteiger partial charge on any atom is -0.345 e. The lowest BCUT2D eigenvalue weighted by Crippen LogP contribution is -2.45. The van der Waals surface area contributed by atoms with Gasteiger partial charge in [-0.25, -0.2) is 4.98 Å². The van der Waals surface area contributed by atoms with Gasteiger partial charge in [0.15, 0.2) is 0 Å². The summed E-state index contributed by atoms with van der Waals surface area (Å²) in [6, 6.07) is 15.4. The van der Waals surface area contributed by atoms with Gasteiger partial charge in [0.05, 0.1) is 22.9 Å². The standard InChI is InChI=1S/C20H17F3N4S/c21-20(22,23)18-8-7-17(28-18)12-1-3-13(4-2-12)19(25,10-24)14-5-6-15-16(9-14)27-11-26-15/h1-9,11H,10,24-25H2,(H,26,27). The highest BCUT2D eigenvalue weighted by atomic mass is 32.1. The Kier molecular flexibility index (Phi) is 4.49. The Bertz CT molecular complexity index is 1110. The molecule has 0 radical (unpaired) electrons. The lowest BCUT2D eigenvalue weighted by Gasteiger charge is -2.29. The van der Waals surface area contributed by atoms with Crippen LogP contribution in [-0.4, -0.2) is 16.5 Å². The predicted octanol–water partition coefficient (Wildman–Crippen LogP) is 4.47.